The second-order valence-corrected chi connectivity index (χ2v) is 6.31. The molecule has 4 rings (SSSR count). The minimum atomic E-state index is -0.799. The topological polar surface area (TPSA) is 71.4 Å². The Labute approximate surface area is 150 Å². The Hall–Kier alpha value is -2.12. The molecule has 128 valence electrons. The predicted molar refractivity (Wildman–Crippen MR) is 95.1 cm³/mol. The first-order valence-corrected chi connectivity index (χ1v) is 8.46. The van der Waals surface area contributed by atoms with Crippen molar-refractivity contribution in [3.8, 4) is 11.1 Å². The van der Waals surface area contributed by atoms with Crippen LogP contribution in [0.5, 0.6) is 0 Å². The first-order chi connectivity index (χ1) is 12.2. The summed E-state index contributed by atoms with van der Waals surface area (Å²) >= 11 is 5.98. The van der Waals surface area contributed by atoms with E-state index < -0.39 is 6.23 Å². The molecule has 1 aliphatic heterocycles. The third kappa shape index (κ3) is 3.34. The maximum absolute atomic E-state index is 10.6. The third-order valence-electron chi connectivity index (χ3n) is 4.29. The zero-order valence-electron chi connectivity index (χ0n) is 13.5. The van der Waals surface area contributed by atoms with Gasteiger partial charge in [-0.05, 0) is 17.7 Å². The van der Waals surface area contributed by atoms with Crippen LogP contribution in [0.1, 0.15) is 11.9 Å². The van der Waals surface area contributed by atoms with Crippen LogP contribution in [-0.4, -0.2) is 51.3 Å². The highest BCUT2D eigenvalue weighted by molar-refractivity contribution is 6.30. The maximum Gasteiger partial charge on any atom is 0.152 e. The van der Waals surface area contributed by atoms with Gasteiger partial charge < -0.3 is 9.84 Å². The van der Waals surface area contributed by atoms with E-state index >= 15 is 0 Å². The normalized spacial score (nSPS) is 16.9. The molecule has 1 saturated heterocycles. The number of pyridine rings is 1. The zero-order chi connectivity index (χ0) is 17.2. The van der Waals surface area contributed by atoms with Crippen molar-refractivity contribution in [3.05, 3.63) is 53.6 Å². The summed E-state index contributed by atoms with van der Waals surface area (Å²) in [6.45, 7) is 2.55. The first-order valence-electron chi connectivity index (χ1n) is 8.09. The van der Waals surface area contributed by atoms with Gasteiger partial charge in [0.15, 0.2) is 6.23 Å². The molecule has 1 N–H and O–H groups in total. The predicted octanol–water partition coefficient (Wildman–Crippen LogP) is 2.67. The van der Waals surface area contributed by atoms with Crippen LogP contribution >= 0.6 is 11.6 Å². The van der Waals surface area contributed by atoms with Crippen molar-refractivity contribution in [2.24, 2.45) is 0 Å². The van der Waals surface area contributed by atoms with Crippen molar-refractivity contribution >= 4 is 22.6 Å². The number of ether oxygens (including phenoxy) is 1. The molecule has 0 spiro atoms. The Morgan fingerprint density at radius 2 is 1.84 bits per heavy atom. The number of hydrogen-bond acceptors (Lipinski definition) is 6. The number of aromatic nitrogens is 3. The van der Waals surface area contributed by atoms with Crippen molar-refractivity contribution in [1.82, 2.24) is 19.9 Å². The second-order valence-electron chi connectivity index (χ2n) is 5.88. The van der Waals surface area contributed by atoms with Crippen LogP contribution in [-0.2, 0) is 4.74 Å². The Balaban J connectivity index is 1.76. The average molecular weight is 357 g/mol. The number of benzene rings is 1. The highest BCUT2D eigenvalue weighted by atomic mass is 35.5. The summed E-state index contributed by atoms with van der Waals surface area (Å²) in [5.74, 6) is 0. The van der Waals surface area contributed by atoms with Crippen LogP contribution in [0.15, 0.2) is 42.9 Å². The van der Waals surface area contributed by atoms with Gasteiger partial charge in [-0.1, -0.05) is 23.7 Å². The number of morpholine rings is 1. The van der Waals surface area contributed by atoms with Crippen molar-refractivity contribution < 1.29 is 9.84 Å². The van der Waals surface area contributed by atoms with E-state index in [1.807, 2.05) is 29.2 Å². The largest absolute Gasteiger partial charge is 0.379 e. The van der Waals surface area contributed by atoms with Crippen molar-refractivity contribution in [3.63, 3.8) is 0 Å². The van der Waals surface area contributed by atoms with Gasteiger partial charge in [0.1, 0.15) is 16.7 Å². The molecule has 0 saturated carbocycles. The van der Waals surface area contributed by atoms with E-state index in [1.54, 1.807) is 18.6 Å². The first kappa shape index (κ1) is 16.4. The third-order valence-corrected chi connectivity index (χ3v) is 4.54. The molecule has 0 bridgehead atoms. The van der Waals surface area contributed by atoms with E-state index in [1.165, 1.54) is 0 Å². The van der Waals surface area contributed by atoms with Crippen molar-refractivity contribution in [2.45, 2.75) is 6.23 Å². The number of rotatable bonds is 3. The standard InChI is InChI=1S/C18H17ClN4O2/c19-13-3-1-12(2-4-13)14-9-20-10-15-17(14)22-16(11-21-15)18(24)23-5-7-25-8-6-23/h1-4,9-11,18,24H,5-8H2. The number of aliphatic hydroxyl groups excluding tert-OH is 1. The summed E-state index contributed by atoms with van der Waals surface area (Å²) in [6, 6.07) is 7.50. The molecule has 7 heteroatoms. The van der Waals surface area contributed by atoms with Gasteiger partial charge in [0.25, 0.3) is 0 Å². The summed E-state index contributed by atoms with van der Waals surface area (Å²) in [5.41, 5.74) is 3.73. The van der Waals surface area contributed by atoms with E-state index in [2.05, 4.69) is 15.0 Å². The van der Waals surface area contributed by atoms with Gasteiger partial charge >= 0.3 is 0 Å². The van der Waals surface area contributed by atoms with Crippen LogP contribution in [0.4, 0.5) is 0 Å². The van der Waals surface area contributed by atoms with E-state index in [-0.39, 0.29) is 0 Å². The molecule has 6 nitrogen and oxygen atoms in total. The molecular formula is C18H17ClN4O2. The molecule has 1 fully saturated rings. The summed E-state index contributed by atoms with van der Waals surface area (Å²) in [6.07, 6.45) is 4.24. The monoisotopic (exact) mass is 356 g/mol. The lowest BCUT2D eigenvalue weighted by molar-refractivity contribution is -0.0622. The molecule has 0 radical (unpaired) electrons. The fourth-order valence-electron chi connectivity index (χ4n) is 2.92. The lowest BCUT2D eigenvalue weighted by Crippen LogP contribution is -2.39. The van der Waals surface area contributed by atoms with Crippen LogP contribution in [0, 0.1) is 0 Å². The van der Waals surface area contributed by atoms with Gasteiger partial charge in [-0.15, -0.1) is 0 Å². The fourth-order valence-corrected chi connectivity index (χ4v) is 3.05. The highest BCUT2D eigenvalue weighted by Crippen LogP contribution is 2.28. The highest BCUT2D eigenvalue weighted by Gasteiger charge is 2.22. The molecule has 2 aromatic heterocycles. The molecule has 1 unspecified atom stereocenters. The lowest BCUT2D eigenvalue weighted by Gasteiger charge is -2.30. The molecule has 1 atom stereocenters. The average Bonchev–Trinajstić information content (AvgIpc) is 2.68. The molecule has 0 aliphatic carbocycles. The molecule has 3 aromatic rings. The quantitative estimate of drug-likeness (QED) is 0.778. The summed E-state index contributed by atoms with van der Waals surface area (Å²) in [4.78, 5) is 15.3. The smallest absolute Gasteiger partial charge is 0.152 e. The van der Waals surface area contributed by atoms with Gasteiger partial charge in [0, 0.05) is 29.9 Å². The zero-order valence-corrected chi connectivity index (χ0v) is 14.2. The van der Waals surface area contributed by atoms with E-state index in [4.69, 9.17) is 16.3 Å². The SMILES string of the molecule is OC(c1cnc2cncc(-c3ccc(Cl)cc3)c2n1)N1CCOCC1. The fraction of sp³-hybridized carbons (Fsp3) is 0.278. The molecule has 1 aliphatic rings. The molecular weight excluding hydrogens is 340 g/mol. The number of fused-ring (bicyclic) bond motifs is 1. The Morgan fingerprint density at radius 3 is 2.60 bits per heavy atom. The molecule has 3 heterocycles. The van der Waals surface area contributed by atoms with E-state index in [0.717, 1.165) is 11.1 Å². The van der Waals surface area contributed by atoms with Crippen molar-refractivity contribution in [1.29, 1.82) is 0 Å². The van der Waals surface area contributed by atoms with E-state index in [9.17, 15) is 5.11 Å². The second kappa shape index (κ2) is 7.01. The number of aliphatic hydroxyl groups is 1. The van der Waals surface area contributed by atoms with Gasteiger partial charge in [0.05, 0.1) is 25.6 Å². The Morgan fingerprint density at radius 1 is 1.08 bits per heavy atom. The maximum atomic E-state index is 10.6. The van der Waals surface area contributed by atoms with Crippen LogP contribution in [0.25, 0.3) is 22.2 Å². The van der Waals surface area contributed by atoms with Crippen LogP contribution in [0.3, 0.4) is 0 Å². The van der Waals surface area contributed by atoms with Crippen LogP contribution < -0.4 is 0 Å². The lowest BCUT2D eigenvalue weighted by atomic mass is 10.1. The minimum absolute atomic E-state index is 0.524. The summed E-state index contributed by atoms with van der Waals surface area (Å²) < 4.78 is 5.33. The van der Waals surface area contributed by atoms with Crippen LogP contribution in [0.2, 0.25) is 5.02 Å². The number of halogens is 1. The Kier molecular flexibility index (Phi) is 4.59. The van der Waals surface area contributed by atoms with Crippen molar-refractivity contribution in [2.75, 3.05) is 26.3 Å². The summed E-state index contributed by atoms with van der Waals surface area (Å²) in [5, 5.41) is 11.3. The minimum Gasteiger partial charge on any atom is -0.379 e. The van der Waals surface area contributed by atoms with Gasteiger partial charge in [-0.2, -0.15) is 0 Å². The summed E-state index contributed by atoms with van der Waals surface area (Å²) in [7, 11) is 0. The van der Waals surface area contributed by atoms with Gasteiger partial charge in [-0.25, -0.2) is 4.98 Å². The van der Waals surface area contributed by atoms with Gasteiger partial charge in [0.2, 0.25) is 0 Å². The molecule has 25 heavy (non-hydrogen) atoms. The molecule has 0 amide bonds. The van der Waals surface area contributed by atoms with Gasteiger partial charge in [-0.3, -0.25) is 14.9 Å². The number of nitrogens with zero attached hydrogens (tertiary/aromatic N) is 4. The van der Waals surface area contributed by atoms with E-state index in [0.29, 0.717) is 48.1 Å². The Bertz CT molecular complexity index is 882. The molecule has 1 aromatic carbocycles. The number of hydrogen-bond donors (Lipinski definition) is 1.